The van der Waals surface area contributed by atoms with Crippen molar-refractivity contribution in [1.29, 1.82) is 5.41 Å². The van der Waals surface area contributed by atoms with Crippen molar-refractivity contribution in [3.63, 3.8) is 0 Å². The number of thiocarbonyl (C=S) groups is 1. The number of isothiocyanates is 1. The molecule has 1 nitrogen and oxygen atoms in total. The normalized spacial score (nSPS) is 2.00. The molecule has 0 aromatic carbocycles. The molecule has 0 fully saturated rings. The predicted octanol–water partition coefficient (Wildman–Crippen LogP) is 0.0195. The SMILES string of the molecule is N=C=S.[NaH]. The van der Waals surface area contributed by atoms with Gasteiger partial charge in [-0.1, -0.05) is 0 Å². The van der Waals surface area contributed by atoms with E-state index in [1.165, 1.54) is 0 Å². The first kappa shape index (κ1) is 8.84. The van der Waals surface area contributed by atoms with Crippen LogP contribution in [0.3, 0.4) is 0 Å². The second-order valence-corrected chi connectivity index (χ2v) is 0.306. The molecule has 0 saturated carbocycles. The summed E-state index contributed by atoms with van der Waals surface area (Å²) in [6, 6.07) is 0. The van der Waals surface area contributed by atoms with Crippen LogP contribution in [0.5, 0.6) is 0 Å². The number of rotatable bonds is 0. The molecule has 0 amide bonds. The summed E-state index contributed by atoms with van der Waals surface area (Å²) >= 11 is 3.81. The molecule has 0 aliphatic rings. The fourth-order valence-electron chi connectivity index (χ4n) is 0. The van der Waals surface area contributed by atoms with E-state index in [0.717, 1.165) is 0 Å². The number of hydrogen-bond acceptors (Lipinski definition) is 2. The van der Waals surface area contributed by atoms with E-state index in [0.29, 0.717) is 0 Å². The van der Waals surface area contributed by atoms with Gasteiger partial charge in [-0.15, -0.1) is 0 Å². The molecule has 0 rings (SSSR count). The standard InChI is InChI=1S/CHNS.Na.H/c2-1-3;;/h2H;;. The molecule has 0 spiro atoms. The first-order chi connectivity index (χ1) is 1.41. The zero-order valence-electron chi connectivity index (χ0n) is 1.41. The molecule has 0 unspecified atom stereocenters. The summed E-state index contributed by atoms with van der Waals surface area (Å²) < 4.78 is 0. The molecule has 0 aliphatic heterocycles. The van der Waals surface area contributed by atoms with Gasteiger partial charge >= 0.3 is 29.6 Å². The molecule has 0 aliphatic carbocycles. The molecule has 0 radical (unpaired) electrons. The summed E-state index contributed by atoms with van der Waals surface area (Å²) in [7, 11) is 0. The van der Waals surface area contributed by atoms with Crippen LogP contribution >= 0.6 is 12.2 Å². The van der Waals surface area contributed by atoms with Gasteiger partial charge in [0.25, 0.3) is 0 Å². The third-order valence-electron chi connectivity index (χ3n) is 0. The van der Waals surface area contributed by atoms with Crippen molar-refractivity contribution in [2.45, 2.75) is 0 Å². The van der Waals surface area contributed by atoms with Crippen LogP contribution in [-0.2, 0) is 0 Å². The summed E-state index contributed by atoms with van der Waals surface area (Å²) in [5.74, 6) is 0. The van der Waals surface area contributed by atoms with Crippen molar-refractivity contribution < 1.29 is 0 Å². The van der Waals surface area contributed by atoms with Crippen molar-refractivity contribution in [3.8, 4) is 0 Å². The van der Waals surface area contributed by atoms with Gasteiger partial charge in [0, 0.05) is 0 Å². The van der Waals surface area contributed by atoms with Crippen molar-refractivity contribution >= 4 is 46.9 Å². The molecule has 0 saturated heterocycles. The average Bonchev–Trinajstić information content (AvgIpc) is 0.918. The Morgan fingerprint density at radius 1 is 1.75 bits per heavy atom. The van der Waals surface area contributed by atoms with Crippen LogP contribution in [0.2, 0.25) is 0 Å². The topological polar surface area (TPSA) is 23.9 Å². The Kier molecular flexibility index (Phi) is 20.3. The monoisotopic (exact) mass is 83.0 g/mol. The second kappa shape index (κ2) is 9.20. The fourth-order valence-corrected chi connectivity index (χ4v) is 0. The Bertz CT molecular complexity index is 29.0. The third kappa shape index (κ3) is 14.2. The van der Waals surface area contributed by atoms with Crippen LogP contribution in [0.15, 0.2) is 0 Å². The molecule has 18 valence electrons. The van der Waals surface area contributed by atoms with E-state index in [9.17, 15) is 0 Å². The van der Waals surface area contributed by atoms with Gasteiger partial charge in [-0.05, 0) is 12.2 Å². The van der Waals surface area contributed by atoms with Crippen LogP contribution in [0.1, 0.15) is 0 Å². The van der Waals surface area contributed by atoms with Crippen molar-refractivity contribution in [2.24, 2.45) is 0 Å². The minimum absolute atomic E-state index is 0. The molecular formula is CH2NNaS. The number of hydrogen-bond donors (Lipinski definition) is 1. The zero-order valence-corrected chi connectivity index (χ0v) is 2.22. The maximum atomic E-state index is 5.77. The van der Waals surface area contributed by atoms with Crippen molar-refractivity contribution in [2.75, 3.05) is 0 Å². The maximum absolute atomic E-state index is 5.77. The van der Waals surface area contributed by atoms with E-state index in [1.807, 2.05) is 0 Å². The Morgan fingerprint density at radius 3 is 1.75 bits per heavy atom. The van der Waals surface area contributed by atoms with Crippen LogP contribution in [0, 0.1) is 5.41 Å². The second-order valence-electron chi connectivity index (χ2n) is 0.102. The van der Waals surface area contributed by atoms with Gasteiger partial charge in [0.05, 0.1) is 5.16 Å². The Hall–Kier alpha value is 0.800. The molecule has 0 bridgehead atoms. The van der Waals surface area contributed by atoms with E-state index >= 15 is 0 Å². The van der Waals surface area contributed by atoms with Gasteiger partial charge in [0.2, 0.25) is 0 Å². The summed E-state index contributed by atoms with van der Waals surface area (Å²) in [5.41, 5.74) is 0. The van der Waals surface area contributed by atoms with E-state index in [1.54, 1.807) is 5.16 Å². The van der Waals surface area contributed by atoms with Gasteiger partial charge < -0.3 is 0 Å². The molecule has 0 aromatic heterocycles. The molecular weight excluding hydrogens is 81.1 g/mol. The van der Waals surface area contributed by atoms with E-state index < -0.39 is 0 Å². The third-order valence-corrected chi connectivity index (χ3v) is 0. The van der Waals surface area contributed by atoms with Gasteiger partial charge in [0.1, 0.15) is 0 Å². The van der Waals surface area contributed by atoms with Crippen LogP contribution in [0.4, 0.5) is 0 Å². The van der Waals surface area contributed by atoms with Gasteiger partial charge in [0.15, 0.2) is 0 Å². The van der Waals surface area contributed by atoms with Crippen LogP contribution in [-0.4, -0.2) is 34.7 Å². The Morgan fingerprint density at radius 2 is 1.75 bits per heavy atom. The van der Waals surface area contributed by atoms with Gasteiger partial charge in [-0.3, -0.25) is 0 Å². The molecule has 4 heavy (non-hydrogen) atoms. The molecule has 0 atom stereocenters. The van der Waals surface area contributed by atoms with Crippen molar-refractivity contribution in [1.82, 2.24) is 0 Å². The molecule has 0 heterocycles. The Labute approximate surface area is 52.2 Å². The van der Waals surface area contributed by atoms with Gasteiger partial charge in [-0.2, -0.15) is 0 Å². The molecule has 0 aromatic rings. The molecule has 3 heteroatoms. The average molecular weight is 83.1 g/mol. The molecule has 1 N–H and O–H groups in total. The first-order valence-corrected chi connectivity index (χ1v) is 0.862. The quantitative estimate of drug-likeness (QED) is 0.249. The van der Waals surface area contributed by atoms with E-state index in [-0.39, 0.29) is 29.6 Å². The minimum atomic E-state index is 0. The summed E-state index contributed by atoms with van der Waals surface area (Å²) in [6.07, 6.45) is 0. The van der Waals surface area contributed by atoms with E-state index in [4.69, 9.17) is 5.41 Å². The van der Waals surface area contributed by atoms with Crippen LogP contribution < -0.4 is 0 Å². The summed E-state index contributed by atoms with van der Waals surface area (Å²) in [6.45, 7) is 0. The first-order valence-electron chi connectivity index (χ1n) is 0.454. The van der Waals surface area contributed by atoms with Crippen LogP contribution in [0.25, 0.3) is 0 Å². The predicted molar refractivity (Wildman–Crippen MR) is 22.5 cm³/mol. The summed E-state index contributed by atoms with van der Waals surface area (Å²) in [5, 5.41) is 7.36. The van der Waals surface area contributed by atoms with E-state index in [2.05, 4.69) is 12.2 Å². The fraction of sp³-hybridized carbons (Fsp3) is 0. The van der Waals surface area contributed by atoms with Crippen molar-refractivity contribution in [3.05, 3.63) is 0 Å². The van der Waals surface area contributed by atoms with Gasteiger partial charge in [-0.25, -0.2) is 5.41 Å². The Balaban J connectivity index is 0. The number of nitrogens with one attached hydrogen (secondary N) is 1. The zero-order chi connectivity index (χ0) is 2.71. The summed E-state index contributed by atoms with van der Waals surface area (Å²) in [4.78, 5) is 0.